The molecule has 0 aliphatic rings. The van der Waals surface area contributed by atoms with Gasteiger partial charge in [0.25, 0.3) is 0 Å². The summed E-state index contributed by atoms with van der Waals surface area (Å²) in [5.41, 5.74) is 6.25. The Labute approximate surface area is 115 Å². The fourth-order valence-corrected chi connectivity index (χ4v) is 1.49. The number of rotatable bonds is 5. The molecule has 0 unspecified atom stereocenters. The van der Waals surface area contributed by atoms with E-state index in [1.807, 2.05) is 6.07 Å². The van der Waals surface area contributed by atoms with Gasteiger partial charge in [0.05, 0.1) is 5.69 Å². The van der Waals surface area contributed by atoms with E-state index in [1.165, 1.54) is 0 Å². The van der Waals surface area contributed by atoms with Gasteiger partial charge in [0, 0.05) is 5.69 Å². The van der Waals surface area contributed by atoms with E-state index in [0.717, 1.165) is 0 Å². The third-order valence-corrected chi connectivity index (χ3v) is 2.36. The highest BCUT2D eigenvalue weighted by atomic mass is 16.6. The number of carbonyl (C=O) groups excluding carboxylic acids is 2. The van der Waals surface area contributed by atoms with Crippen molar-refractivity contribution in [2.24, 2.45) is 0 Å². The molecule has 2 aromatic carbocycles. The third kappa shape index (κ3) is 4.02. The maximum Gasteiger partial charge on any atom is 0.417 e. The maximum absolute atomic E-state index is 11.6. The van der Waals surface area contributed by atoms with Crippen molar-refractivity contribution < 1.29 is 14.3 Å². The monoisotopic (exact) mass is 271 g/mol. The van der Waals surface area contributed by atoms with Gasteiger partial charge in [-0.25, -0.2) is 4.79 Å². The average Bonchev–Trinajstić information content (AvgIpc) is 2.47. The molecule has 0 aliphatic heterocycles. The van der Waals surface area contributed by atoms with Crippen LogP contribution >= 0.6 is 0 Å². The summed E-state index contributed by atoms with van der Waals surface area (Å²) in [4.78, 5) is 21.7. The van der Waals surface area contributed by atoms with Crippen LogP contribution in [0.3, 0.4) is 0 Å². The summed E-state index contributed by atoms with van der Waals surface area (Å²) in [5.74, 6) is 0.471. The van der Waals surface area contributed by atoms with Crippen molar-refractivity contribution >= 4 is 23.9 Å². The number of anilines is 2. The zero-order chi connectivity index (χ0) is 14.2. The normalized spacial score (nSPS) is 9.40. The summed E-state index contributed by atoms with van der Waals surface area (Å²) in [6.45, 7) is 0. The minimum absolute atomic E-state index is 0.471. The molecule has 0 aromatic heterocycles. The minimum Gasteiger partial charge on any atom is -0.410 e. The molecule has 0 atom stereocenters. The number of hydrogen-bond donors (Lipinski definition) is 3. The van der Waals surface area contributed by atoms with Gasteiger partial charge in [-0.1, -0.05) is 18.2 Å². The number of nitrogens with one attached hydrogen (secondary N) is 3. The maximum atomic E-state index is 11.6. The summed E-state index contributed by atoms with van der Waals surface area (Å²) in [6, 6.07) is 15.6. The average molecular weight is 271 g/mol. The molecule has 0 saturated heterocycles. The van der Waals surface area contributed by atoms with Gasteiger partial charge in [-0.2, -0.15) is 0 Å². The largest absolute Gasteiger partial charge is 0.417 e. The predicted octanol–water partition coefficient (Wildman–Crippen LogP) is 2.37. The van der Waals surface area contributed by atoms with E-state index in [-0.39, 0.29) is 0 Å². The topological polar surface area (TPSA) is 79.5 Å². The summed E-state index contributed by atoms with van der Waals surface area (Å²) in [5, 5.41) is 2.59. The van der Waals surface area contributed by atoms with Gasteiger partial charge in [0.15, 0.2) is 0 Å². The lowest BCUT2D eigenvalue weighted by Gasteiger charge is -2.08. The Morgan fingerprint density at radius 1 is 0.950 bits per heavy atom. The highest BCUT2D eigenvalue weighted by Crippen LogP contribution is 2.14. The fourth-order valence-electron chi connectivity index (χ4n) is 1.49. The Kier molecular flexibility index (Phi) is 4.55. The molecule has 0 heterocycles. The lowest BCUT2D eigenvalue weighted by Crippen LogP contribution is -2.19. The van der Waals surface area contributed by atoms with E-state index < -0.39 is 6.09 Å². The van der Waals surface area contributed by atoms with E-state index in [0.29, 0.717) is 23.5 Å². The first-order valence-electron chi connectivity index (χ1n) is 5.87. The van der Waals surface area contributed by atoms with Gasteiger partial charge in [0.1, 0.15) is 5.75 Å². The van der Waals surface area contributed by atoms with Crippen LogP contribution in [-0.4, -0.2) is 12.5 Å². The van der Waals surface area contributed by atoms with Crippen LogP contribution in [0.25, 0.3) is 0 Å². The molecule has 3 N–H and O–H groups in total. The summed E-state index contributed by atoms with van der Waals surface area (Å²) in [6.07, 6.45) is -0.0356. The molecule has 2 aromatic rings. The van der Waals surface area contributed by atoms with Gasteiger partial charge in [-0.15, -0.1) is 0 Å². The summed E-state index contributed by atoms with van der Waals surface area (Å²) < 4.78 is 5.09. The molecule has 20 heavy (non-hydrogen) atoms. The van der Waals surface area contributed by atoms with Crippen LogP contribution in [0, 0.1) is 0 Å². The molecule has 0 spiro atoms. The van der Waals surface area contributed by atoms with Crippen molar-refractivity contribution in [3.05, 3.63) is 54.6 Å². The Hall–Kier alpha value is -3.02. The molecule has 2 amide bonds. The second-order valence-corrected chi connectivity index (χ2v) is 3.79. The number of carbonyl (C=O) groups is 2. The van der Waals surface area contributed by atoms with Crippen molar-refractivity contribution in [1.29, 1.82) is 0 Å². The van der Waals surface area contributed by atoms with Crippen LogP contribution < -0.4 is 20.9 Å². The Morgan fingerprint density at radius 2 is 1.60 bits per heavy atom. The van der Waals surface area contributed by atoms with Crippen molar-refractivity contribution in [2.75, 3.05) is 10.7 Å². The van der Waals surface area contributed by atoms with Crippen LogP contribution in [0.1, 0.15) is 0 Å². The lowest BCUT2D eigenvalue weighted by atomic mass is 10.3. The smallest absolute Gasteiger partial charge is 0.410 e. The zero-order valence-corrected chi connectivity index (χ0v) is 10.5. The SMILES string of the molecule is O=CNNc1ccc(NC(=O)Oc2ccccc2)cc1. The molecule has 2 rings (SSSR count). The second-order valence-electron chi connectivity index (χ2n) is 3.79. The fraction of sp³-hybridized carbons (Fsp3) is 0. The van der Waals surface area contributed by atoms with Crippen LogP contribution in [0.4, 0.5) is 16.2 Å². The molecule has 6 heteroatoms. The summed E-state index contributed by atoms with van der Waals surface area (Å²) in [7, 11) is 0. The second kappa shape index (κ2) is 6.79. The number of benzene rings is 2. The van der Waals surface area contributed by atoms with Gasteiger partial charge < -0.3 is 4.74 Å². The van der Waals surface area contributed by atoms with Crippen molar-refractivity contribution in [3.8, 4) is 5.75 Å². The third-order valence-electron chi connectivity index (χ3n) is 2.36. The number of para-hydroxylation sites is 1. The quantitative estimate of drug-likeness (QED) is 0.576. The molecule has 0 aliphatic carbocycles. The molecule has 6 nitrogen and oxygen atoms in total. The number of ether oxygens (including phenoxy) is 1. The van der Waals surface area contributed by atoms with Crippen molar-refractivity contribution in [1.82, 2.24) is 5.43 Å². The Bertz CT molecular complexity index is 570. The van der Waals surface area contributed by atoms with Crippen LogP contribution in [0.15, 0.2) is 54.6 Å². The first kappa shape index (κ1) is 13.4. The van der Waals surface area contributed by atoms with Crippen LogP contribution in [-0.2, 0) is 4.79 Å². The number of hydrazine groups is 1. The Morgan fingerprint density at radius 3 is 2.25 bits per heavy atom. The molecule has 102 valence electrons. The molecule has 0 bridgehead atoms. The highest BCUT2D eigenvalue weighted by molar-refractivity contribution is 5.86. The minimum atomic E-state index is -0.567. The van der Waals surface area contributed by atoms with E-state index >= 15 is 0 Å². The van der Waals surface area contributed by atoms with Crippen molar-refractivity contribution in [2.45, 2.75) is 0 Å². The molecule has 0 fully saturated rings. The number of hydrogen-bond acceptors (Lipinski definition) is 4. The van der Waals surface area contributed by atoms with Gasteiger partial charge in [-0.05, 0) is 36.4 Å². The predicted molar refractivity (Wildman–Crippen MR) is 75.4 cm³/mol. The van der Waals surface area contributed by atoms with Crippen LogP contribution in [0.2, 0.25) is 0 Å². The molecule has 0 radical (unpaired) electrons. The standard InChI is InChI=1S/C14H13N3O3/c18-10-15-17-12-8-6-11(7-9-12)16-14(19)20-13-4-2-1-3-5-13/h1-10,17H,(H,15,18)(H,16,19). The lowest BCUT2D eigenvalue weighted by molar-refractivity contribution is -0.109. The Balaban J connectivity index is 1.89. The van der Waals surface area contributed by atoms with Gasteiger partial charge in [-0.3, -0.25) is 21.0 Å². The summed E-state index contributed by atoms with van der Waals surface area (Å²) >= 11 is 0. The van der Waals surface area contributed by atoms with E-state index in [2.05, 4.69) is 16.2 Å². The first-order valence-corrected chi connectivity index (χ1v) is 5.87. The highest BCUT2D eigenvalue weighted by Gasteiger charge is 2.04. The van der Waals surface area contributed by atoms with E-state index in [1.54, 1.807) is 48.5 Å². The van der Waals surface area contributed by atoms with Gasteiger partial charge in [0.2, 0.25) is 6.41 Å². The van der Waals surface area contributed by atoms with Crippen LogP contribution in [0.5, 0.6) is 5.75 Å². The van der Waals surface area contributed by atoms with E-state index in [9.17, 15) is 9.59 Å². The zero-order valence-electron chi connectivity index (χ0n) is 10.5. The molecular weight excluding hydrogens is 258 g/mol. The van der Waals surface area contributed by atoms with E-state index in [4.69, 9.17) is 4.74 Å². The first-order chi connectivity index (χ1) is 9.78. The molecule has 0 saturated carbocycles. The molecular formula is C14H13N3O3. The van der Waals surface area contributed by atoms with Crippen molar-refractivity contribution in [3.63, 3.8) is 0 Å². The van der Waals surface area contributed by atoms with Gasteiger partial charge >= 0.3 is 6.09 Å². The number of amides is 2.